The first kappa shape index (κ1) is 20.0. The lowest BCUT2D eigenvalue weighted by atomic mass is 9.88. The summed E-state index contributed by atoms with van der Waals surface area (Å²) in [6, 6.07) is 4.60. The predicted octanol–water partition coefficient (Wildman–Crippen LogP) is 5.44. The van der Waals surface area contributed by atoms with Crippen molar-refractivity contribution >= 4 is 0 Å². The Kier molecular flexibility index (Phi) is 8.07. The van der Waals surface area contributed by atoms with Gasteiger partial charge in [0.15, 0.2) is 6.29 Å². The zero-order valence-electron chi connectivity index (χ0n) is 16.1. The highest BCUT2D eigenvalue weighted by atomic mass is 16.7. The summed E-state index contributed by atoms with van der Waals surface area (Å²) in [7, 11) is 1.64. The minimum Gasteiger partial charge on any atom is -0.491 e. The van der Waals surface area contributed by atoms with E-state index in [0.717, 1.165) is 5.75 Å². The predicted molar refractivity (Wildman–Crippen MR) is 96.6 cm³/mol. The molecule has 0 aliphatic heterocycles. The number of rotatable bonds is 9. The summed E-state index contributed by atoms with van der Waals surface area (Å²) >= 11 is 0. The molecular weight excluding hydrogens is 288 g/mol. The number of hydrogen-bond donors (Lipinski definition) is 0. The number of ether oxygens (including phenoxy) is 3. The number of methoxy groups -OCH3 is 1. The summed E-state index contributed by atoms with van der Waals surface area (Å²) in [5.41, 5.74) is 3.97. The van der Waals surface area contributed by atoms with Crippen LogP contribution in [0.3, 0.4) is 0 Å². The van der Waals surface area contributed by atoms with E-state index in [9.17, 15) is 0 Å². The van der Waals surface area contributed by atoms with Crippen LogP contribution in [-0.4, -0.2) is 26.6 Å². The third-order valence-electron chi connectivity index (χ3n) is 4.09. The molecule has 0 aliphatic carbocycles. The molecule has 1 aromatic rings. The van der Waals surface area contributed by atoms with Crippen molar-refractivity contribution in [3.8, 4) is 5.75 Å². The molecule has 0 saturated heterocycles. The maximum Gasteiger partial charge on any atom is 0.154 e. The van der Waals surface area contributed by atoms with Crippen LogP contribution in [0.15, 0.2) is 12.1 Å². The summed E-state index contributed by atoms with van der Waals surface area (Å²) in [5.74, 6) is 2.41. The summed E-state index contributed by atoms with van der Waals surface area (Å²) < 4.78 is 16.8. The Morgan fingerprint density at radius 1 is 0.783 bits per heavy atom. The van der Waals surface area contributed by atoms with Gasteiger partial charge in [-0.2, -0.15) is 0 Å². The average Bonchev–Trinajstić information content (AvgIpc) is 2.50. The normalized spacial score (nSPS) is 13.2. The lowest BCUT2D eigenvalue weighted by Crippen LogP contribution is -2.17. The van der Waals surface area contributed by atoms with E-state index in [2.05, 4.69) is 53.7 Å². The topological polar surface area (TPSA) is 27.7 Å². The summed E-state index contributed by atoms with van der Waals surface area (Å²) in [4.78, 5) is 0. The van der Waals surface area contributed by atoms with E-state index in [-0.39, 0.29) is 6.29 Å². The Bertz CT molecular complexity index is 449. The van der Waals surface area contributed by atoms with Crippen LogP contribution in [0.4, 0.5) is 0 Å². The van der Waals surface area contributed by atoms with Gasteiger partial charge in [-0.1, -0.05) is 53.7 Å². The third-order valence-corrected chi connectivity index (χ3v) is 4.09. The molecule has 1 rings (SSSR count). The molecule has 0 bridgehead atoms. The second kappa shape index (κ2) is 9.29. The fraction of sp³-hybridized carbons (Fsp3) is 0.700. The van der Waals surface area contributed by atoms with E-state index in [4.69, 9.17) is 14.2 Å². The van der Waals surface area contributed by atoms with E-state index in [1.807, 2.05) is 6.92 Å². The molecule has 1 atom stereocenters. The molecule has 23 heavy (non-hydrogen) atoms. The molecule has 0 heterocycles. The summed E-state index contributed by atoms with van der Waals surface area (Å²) in [5, 5.41) is 0. The standard InChI is InChI=1S/C20H34O3/c1-13(2)17-11-18(14(3)4)20(19(12-17)15(5)6)23-10-9-22-16(7)21-8/h11-16H,9-10H2,1-8H3. The van der Waals surface area contributed by atoms with Gasteiger partial charge in [0.2, 0.25) is 0 Å². The van der Waals surface area contributed by atoms with Gasteiger partial charge in [0.1, 0.15) is 12.4 Å². The minimum absolute atomic E-state index is 0.198. The van der Waals surface area contributed by atoms with Gasteiger partial charge < -0.3 is 14.2 Å². The maximum atomic E-state index is 6.14. The Balaban J connectivity index is 3.02. The first-order chi connectivity index (χ1) is 10.8. The Hall–Kier alpha value is -1.06. The van der Waals surface area contributed by atoms with Crippen LogP contribution >= 0.6 is 0 Å². The van der Waals surface area contributed by atoms with Crippen molar-refractivity contribution in [2.75, 3.05) is 20.3 Å². The third kappa shape index (κ3) is 5.82. The van der Waals surface area contributed by atoms with Crippen LogP contribution in [0.25, 0.3) is 0 Å². The molecule has 0 spiro atoms. The molecular formula is C20H34O3. The van der Waals surface area contributed by atoms with Crippen molar-refractivity contribution in [2.45, 2.75) is 72.5 Å². The molecule has 0 amide bonds. The van der Waals surface area contributed by atoms with Gasteiger partial charge in [0.25, 0.3) is 0 Å². The Labute approximate surface area is 142 Å². The van der Waals surface area contributed by atoms with Gasteiger partial charge in [-0.3, -0.25) is 0 Å². The van der Waals surface area contributed by atoms with Crippen LogP contribution in [-0.2, 0) is 9.47 Å². The van der Waals surface area contributed by atoms with Crippen LogP contribution in [0.1, 0.15) is 82.9 Å². The molecule has 1 unspecified atom stereocenters. The first-order valence-corrected chi connectivity index (χ1v) is 8.72. The van der Waals surface area contributed by atoms with Gasteiger partial charge in [0, 0.05) is 7.11 Å². The summed E-state index contributed by atoms with van der Waals surface area (Å²) in [6.45, 7) is 16.3. The molecule has 132 valence electrons. The van der Waals surface area contributed by atoms with Crippen LogP contribution < -0.4 is 4.74 Å². The van der Waals surface area contributed by atoms with Gasteiger partial charge >= 0.3 is 0 Å². The Morgan fingerprint density at radius 2 is 1.30 bits per heavy atom. The zero-order valence-corrected chi connectivity index (χ0v) is 16.1. The molecule has 0 aromatic heterocycles. The molecule has 0 N–H and O–H groups in total. The minimum atomic E-state index is -0.198. The number of benzene rings is 1. The molecule has 0 radical (unpaired) electrons. The van der Waals surface area contributed by atoms with Gasteiger partial charge in [-0.25, -0.2) is 0 Å². The van der Waals surface area contributed by atoms with Crippen LogP contribution in [0, 0.1) is 0 Å². The Morgan fingerprint density at radius 3 is 1.70 bits per heavy atom. The van der Waals surface area contributed by atoms with Gasteiger partial charge in [0.05, 0.1) is 6.61 Å². The second-order valence-electron chi connectivity index (χ2n) is 7.02. The second-order valence-corrected chi connectivity index (χ2v) is 7.02. The molecule has 0 fully saturated rings. The highest BCUT2D eigenvalue weighted by Gasteiger charge is 2.18. The van der Waals surface area contributed by atoms with Crippen LogP contribution in [0.2, 0.25) is 0 Å². The van der Waals surface area contributed by atoms with E-state index >= 15 is 0 Å². The van der Waals surface area contributed by atoms with Crippen molar-refractivity contribution in [3.63, 3.8) is 0 Å². The van der Waals surface area contributed by atoms with Gasteiger partial charge in [-0.15, -0.1) is 0 Å². The van der Waals surface area contributed by atoms with E-state index < -0.39 is 0 Å². The van der Waals surface area contributed by atoms with E-state index in [1.165, 1.54) is 16.7 Å². The number of hydrogen-bond acceptors (Lipinski definition) is 3. The van der Waals surface area contributed by atoms with Crippen molar-refractivity contribution in [3.05, 3.63) is 28.8 Å². The van der Waals surface area contributed by atoms with Crippen molar-refractivity contribution in [1.29, 1.82) is 0 Å². The largest absolute Gasteiger partial charge is 0.491 e. The lowest BCUT2D eigenvalue weighted by molar-refractivity contribution is -0.115. The highest BCUT2D eigenvalue weighted by Crippen LogP contribution is 2.37. The van der Waals surface area contributed by atoms with Crippen molar-refractivity contribution < 1.29 is 14.2 Å². The molecule has 0 saturated carbocycles. The highest BCUT2D eigenvalue weighted by molar-refractivity contribution is 5.48. The fourth-order valence-corrected chi connectivity index (χ4v) is 2.48. The molecule has 3 heteroatoms. The average molecular weight is 322 g/mol. The fourth-order valence-electron chi connectivity index (χ4n) is 2.48. The van der Waals surface area contributed by atoms with Crippen molar-refractivity contribution in [1.82, 2.24) is 0 Å². The molecule has 3 nitrogen and oxygen atoms in total. The monoisotopic (exact) mass is 322 g/mol. The zero-order chi connectivity index (χ0) is 17.6. The van der Waals surface area contributed by atoms with Crippen molar-refractivity contribution in [2.24, 2.45) is 0 Å². The molecule has 0 aliphatic rings. The maximum absolute atomic E-state index is 6.14. The van der Waals surface area contributed by atoms with Crippen LogP contribution in [0.5, 0.6) is 5.75 Å². The smallest absolute Gasteiger partial charge is 0.154 e. The lowest BCUT2D eigenvalue weighted by Gasteiger charge is -2.23. The quantitative estimate of drug-likeness (QED) is 0.447. The van der Waals surface area contributed by atoms with E-state index in [1.54, 1.807) is 7.11 Å². The molecule has 1 aromatic carbocycles. The van der Waals surface area contributed by atoms with Gasteiger partial charge in [-0.05, 0) is 41.4 Å². The summed E-state index contributed by atoms with van der Waals surface area (Å²) in [6.07, 6.45) is -0.198. The first-order valence-electron chi connectivity index (χ1n) is 8.72. The SMILES string of the molecule is COC(C)OCCOc1c(C(C)C)cc(C(C)C)cc1C(C)C. The van der Waals surface area contributed by atoms with E-state index in [0.29, 0.717) is 31.0 Å².